The molecule has 1 aromatic rings. The van der Waals surface area contributed by atoms with Crippen molar-refractivity contribution in [2.45, 2.75) is 25.7 Å². The summed E-state index contributed by atoms with van der Waals surface area (Å²) in [4.78, 5) is 14.6. The molecule has 0 amide bonds. The highest BCUT2D eigenvalue weighted by Gasteiger charge is 2.21. The van der Waals surface area contributed by atoms with Crippen LogP contribution >= 0.6 is 0 Å². The highest BCUT2D eigenvalue weighted by Crippen LogP contribution is 2.19. The molecular weight excluding hydrogens is 204 g/mol. The van der Waals surface area contributed by atoms with E-state index in [1.807, 2.05) is 18.2 Å². The number of carbonyl (C=O) groups is 1. The van der Waals surface area contributed by atoms with Crippen molar-refractivity contribution in [2.75, 3.05) is 13.1 Å². The molecule has 0 radical (unpaired) electrons. The van der Waals surface area contributed by atoms with Gasteiger partial charge >= 0.3 is 5.97 Å². The van der Waals surface area contributed by atoms with Crippen molar-refractivity contribution < 1.29 is 9.90 Å². The van der Waals surface area contributed by atoms with Crippen LogP contribution in [-0.2, 0) is 10.2 Å². The van der Waals surface area contributed by atoms with Crippen LogP contribution in [0.5, 0.6) is 0 Å². The fourth-order valence-electron chi connectivity index (χ4n) is 1.45. The van der Waals surface area contributed by atoms with E-state index in [-0.39, 0.29) is 11.8 Å². The molecule has 0 aliphatic rings. The predicted octanol–water partition coefficient (Wildman–Crippen LogP) is 1.42. The Kier molecular flexibility index (Phi) is 4.43. The smallest absolute Gasteiger partial charge is 0.304 e. The Balaban J connectivity index is 2.43. The highest BCUT2D eigenvalue weighted by molar-refractivity contribution is 5.66. The van der Waals surface area contributed by atoms with E-state index >= 15 is 0 Å². The Bertz CT molecular complexity index is 336. The highest BCUT2D eigenvalue weighted by atomic mass is 16.4. The lowest BCUT2D eigenvalue weighted by Gasteiger charge is -2.24. The second kappa shape index (κ2) is 5.61. The van der Waals surface area contributed by atoms with Crippen LogP contribution < -0.4 is 5.32 Å². The quantitative estimate of drug-likeness (QED) is 0.715. The van der Waals surface area contributed by atoms with Crippen LogP contribution in [0.15, 0.2) is 24.4 Å². The van der Waals surface area contributed by atoms with E-state index < -0.39 is 5.97 Å². The molecule has 0 spiro atoms. The lowest BCUT2D eigenvalue weighted by atomic mass is 9.89. The SMILES string of the molecule is CC(C)(CNCCC(=O)O)c1ccccn1. The number of pyridine rings is 1. The number of rotatable bonds is 6. The molecule has 2 N–H and O–H groups in total. The van der Waals surface area contributed by atoms with Crippen LogP contribution in [-0.4, -0.2) is 29.1 Å². The van der Waals surface area contributed by atoms with Crippen LogP contribution in [0.3, 0.4) is 0 Å². The zero-order valence-electron chi connectivity index (χ0n) is 9.73. The Hall–Kier alpha value is -1.42. The fourth-order valence-corrected chi connectivity index (χ4v) is 1.45. The number of carboxylic acids is 1. The number of nitrogens with zero attached hydrogens (tertiary/aromatic N) is 1. The maximum atomic E-state index is 10.3. The largest absolute Gasteiger partial charge is 0.481 e. The maximum Gasteiger partial charge on any atom is 0.304 e. The van der Waals surface area contributed by atoms with Crippen molar-refractivity contribution in [1.82, 2.24) is 10.3 Å². The first-order chi connectivity index (χ1) is 7.52. The second-order valence-corrected chi connectivity index (χ2v) is 4.42. The monoisotopic (exact) mass is 222 g/mol. The average molecular weight is 222 g/mol. The molecule has 0 aromatic carbocycles. The van der Waals surface area contributed by atoms with Gasteiger partial charge in [0.05, 0.1) is 6.42 Å². The van der Waals surface area contributed by atoms with Crippen LogP contribution in [0.4, 0.5) is 0 Å². The van der Waals surface area contributed by atoms with Crippen LogP contribution in [0, 0.1) is 0 Å². The van der Waals surface area contributed by atoms with Crippen LogP contribution in [0.1, 0.15) is 26.0 Å². The number of nitrogens with one attached hydrogen (secondary N) is 1. The van der Waals surface area contributed by atoms with Crippen molar-refractivity contribution in [3.05, 3.63) is 30.1 Å². The van der Waals surface area contributed by atoms with E-state index in [0.29, 0.717) is 6.54 Å². The molecule has 4 nitrogen and oxygen atoms in total. The molecule has 1 aromatic heterocycles. The number of hydrogen-bond acceptors (Lipinski definition) is 3. The summed E-state index contributed by atoms with van der Waals surface area (Å²) >= 11 is 0. The van der Waals surface area contributed by atoms with E-state index in [1.165, 1.54) is 0 Å². The first-order valence-electron chi connectivity index (χ1n) is 5.36. The van der Waals surface area contributed by atoms with Crippen LogP contribution in [0.25, 0.3) is 0 Å². The topological polar surface area (TPSA) is 62.2 Å². The zero-order valence-corrected chi connectivity index (χ0v) is 9.73. The molecule has 0 unspecified atom stereocenters. The van der Waals surface area contributed by atoms with Gasteiger partial charge < -0.3 is 10.4 Å². The van der Waals surface area contributed by atoms with Gasteiger partial charge in [-0.05, 0) is 12.1 Å². The molecule has 0 fully saturated rings. The molecule has 1 rings (SSSR count). The Morgan fingerprint density at radius 1 is 1.50 bits per heavy atom. The number of aliphatic carboxylic acids is 1. The Morgan fingerprint density at radius 2 is 2.25 bits per heavy atom. The summed E-state index contributed by atoms with van der Waals surface area (Å²) < 4.78 is 0. The van der Waals surface area contributed by atoms with Gasteiger partial charge in [-0.25, -0.2) is 0 Å². The van der Waals surface area contributed by atoms with Gasteiger partial charge in [0.25, 0.3) is 0 Å². The van der Waals surface area contributed by atoms with Gasteiger partial charge in [-0.3, -0.25) is 9.78 Å². The molecule has 88 valence electrons. The fraction of sp³-hybridized carbons (Fsp3) is 0.500. The lowest BCUT2D eigenvalue weighted by Crippen LogP contribution is -2.34. The van der Waals surface area contributed by atoms with Gasteiger partial charge in [-0.1, -0.05) is 19.9 Å². The van der Waals surface area contributed by atoms with E-state index in [4.69, 9.17) is 5.11 Å². The molecule has 16 heavy (non-hydrogen) atoms. The van der Waals surface area contributed by atoms with Gasteiger partial charge in [0.15, 0.2) is 0 Å². The van der Waals surface area contributed by atoms with E-state index in [1.54, 1.807) is 6.20 Å². The van der Waals surface area contributed by atoms with Crippen molar-refractivity contribution in [1.29, 1.82) is 0 Å². The third-order valence-corrected chi connectivity index (χ3v) is 2.44. The van der Waals surface area contributed by atoms with Gasteiger partial charge in [0.1, 0.15) is 0 Å². The molecule has 0 atom stereocenters. The van der Waals surface area contributed by atoms with Gasteiger partial charge in [-0.15, -0.1) is 0 Å². The summed E-state index contributed by atoms with van der Waals surface area (Å²) in [7, 11) is 0. The molecular formula is C12H18N2O2. The molecule has 0 aliphatic heterocycles. The van der Waals surface area contributed by atoms with Crippen molar-refractivity contribution in [3.63, 3.8) is 0 Å². The van der Waals surface area contributed by atoms with Crippen LogP contribution in [0.2, 0.25) is 0 Å². The minimum Gasteiger partial charge on any atom is -0.481 e. The van der Waals surface area contributed by atoms with Crippen molar-refractivity contribution in [2.24, 2.45) is 0 Å². The Morgan fingerprint density at radius 3 is 2.81 bits per heavy atom. The number of aromatic nitrogens is 1. The summed E-state index contributed by atoms with van der Waals surface area (Å²) in [5, 5.41) is 11.6. The summed E-state index contributed by atoms with van der Waals surface area (Å²) in [5.41, 5.74) is 0.928. The summed E-state index contributed by atoms with van der Waals surface area (Å²) in [6, 6.07) is 5.83. The molecule has 4 heteroatoms. The third-order valence-electron chi connectivity index (χ3n) is 2.44. The summed E-state index contributed by atoms with van der Waals surface area (Å²) in [6.45, 7) is 5.38. The van der Waals surface area contributed by atoms with Crippen molar-refractivity contribution >= 4 is 5.97 Å². The first kappa shape index (κ1) is 12.6. The average Bonchev–Trinajstić information content (AvgIpc) is 2.26. The maximum absolute atomic E-state index is 10.3. The third kappa shape index (κ3) is 3.98. The van der Waals surface area contributed by atoms with E-state index in [2.05, 4.69) is 24.1 Å². The minimum atomic E-state index is -0.775. The molecule has 0 bridgehead atoms. The van der Waals surface area contributed by atoms with Gasteiger partial charge in [0, 0.05) is 30.4 Å². The van der Waals surface area contributed by atoms with Gasteiger partial charge in [0.2, 0.25) is 0 Å². The normalized spacial score (nSPS) is 11.4. The minimum absolute atomic E-state index is 0.0836. The van der Waals surface area contributed by atoms with E-state index in [9.17, 15) is 4.79 Å². The predicted molar refractivity (Wildman–Crippen MR) is 62.4 cm³/mol. The molecule has 1 heterocycles. The van der Waals surface area contributed by atoms with Gasteiger partial charge in [-0.2, -0.15) is 0 Å². The molecule has 0 saturated heterocycles. The molecule has 0 saturated carbocycles. The second-order valence-electron chi connectivity index (χ2n) is 4.42. The summed E-state index contributed by atoms with van der Waals surface area (Å²) in [6.07, 6.45) is 1.92. The van der Waals surface area contributed by atoms with Crippen molar-refractivity contribution in [3.8, 4) is 0 Å². The Labute approximate surface area is 95.7 Å². The zero-order chi connectivity index (χ0) is 12.0. The first-order valence-corrected chi connectivity index (χ1v) is 5.36. The molecule has 0 aliphatic carbocycles. The standard InChI is InChI=1S/C12H18N2O2/c1-12(2,9-13-8-6-11(15)16)10-5-3-4-7-14-10/h3-5,7,13H,6,8-9H2,1-2H3,(H,15,16). The lowest BCUT2D eigenvalue weighted by molar-refractivity contribution is -0.136. The number of carboxylic acid groups (broad SMARTS) is 1. The van der Waals surface area contributed by atoms with E-state index in [0.717, 1.165) is 12.2 Å². The summed E-state index contributed by atoms with van der Waals surface area (Å²) in [5.74, 6) is -0.775. The number of hydrogen-bond donors (Lipinski definition) is 2.